The molecule has 0 aliphatic carbocycles. The fraction of sp³-hybridized carbons (Fsp3) is 0.462. The molecule has 0 heterocycles. The van der Waals surface area contributed by atoms with Crippen LogP contribution in [0.2, 0.25) is 10.0 Å². The summed E-state index contributed by atoms with van der Waals surface area (Å²) < 4.78 is 11.9. The molecule has 106 valence electrons. The lowest BCUT2D eigenvalue weighted by atomic mass is 10.2. The van der Waals surface area contributed by atoms with Crippen molar-refractivity contribution in [3.8, 4) is 0 Å². The summed E-state index contributed by atoms with van der Waals surface area (Å²) >= 11 is 11.9. The first-order valence-corrected chi connectivity index (χ1v) is 8.13. The average molecular weight is 322 g/mol. The van der Waals surface area contributed by atoms with Gasteiger partial charge in [0.1, 0.15) is 0 Å². The number of carbonyl (C=O) groups excluding carboxylic acids is 1. The molecule has 0 radical (unpaired) electrons. The summed E-state index contributed by atoms with van der Waals surface area (Å²) in [7, 11) is 2.39. The molecule has 0 N–H and O–H groups in total. The fourth-order valence-electron chi connectivity index (χ4n) is 1.51. The standard InChI is InChI=1S/C13H17Cl2NO2S/c1-16(2)13(17)4-3-7-19(18)9-10-8-11(14)5-6-12(10)15/h5-6,8H,3-4,7,9H2,1-2H3. The third kappa shape index (κ3) is 5.93. The lowest BCUT2D eigenvalue weighted by molar-refractivity contribution is -0.128. The summed E-state index contributed by atoms with van der Waals surface area (Å²) in [6.07, 6.45) is 1.03. The van der Waals surface area contributed by atoms with Gasteiger partial charge in [0.25, 0.3) is 0 Å². The zero-order chi connectivity index (χ0) is 14.4. The molecule has 0 bridgehead atoms. The van der Waals surface area contributed by atoms with Gasteiger partial charge in [0.2, 0.25) is 5.91 Å². The van der Waals surface area contributed by atoms with E-state index in [1.54, 1.807) is 32.3 Å². The zero-order valence-electron chi connectivity index (χ0n) is 11.0. The van der Waals surface area contributed by atoms with Gasteiger partial charge in [0.05, 0.1) is 5.75 Å². The molecule has 1 rings (SSSR count). The van der Waals surface area contributed by atoms with Crippen molar-refractivity contribution < 1.29 is 9.00 Å². The number of hydrogen-bond donors (Lipinski definition) is 0. The molecule has 0 aliphatic heterocycles. The van der Waals surface area contributed by atoms with Crippen molar-refractivity contribution in [1.82, 2.24) is 4.90 Å². The van der Waals surface area contributed by atoms with Crippen molar-refractivity contribution >= 4 is 39.9 Å². The highest BCUT2D eigenvalue weighted by Gasteiger charge is 2.09. The van der Waals surface area contributed by atoms with Crippen LogP contribution in [0.5, 0.6) is 0 Å². The summed E-state index contributed by atoms with van der Waals surface area (Å²) in [6.45, 7) is 0. The second-order valence-corrected chi connectivity index (χ2v) is 6.84. The quantitative estimate of drug-likeness (QED) is 0.807. The van der Waals surface area contributed by atoms with Gasteiger partial charge in [-0.1, -0.05) is 23.2 Å². The van der Waals surface area contributed by atoms with E-state index in [-0.39, 0.29) is 5.91 Å². The average Bonchev–Trinajstić information content (AvgIpc) is 2.33. The Kier molecular flexibility index (Phi) is 6.83. The predicted octanol–water partition coefficient (Wildman–Crippen LogP) is 3.11. The van der Waals surface area contributed by atoms with Crippen LogP contribution in [0.25, 0.3) is 0 Å². The fourth-order valence-corrected chi connectivity index (χ4v) is 3.16. The Labute approximate surface area is 126 Å². The molecule has 1 unspecified atom stereocenters. The summed E-state index contributed by atoms with van der Waals surface area (Å²) in [5, 5.41) is 1.15. The van der Waals surface area contributed by atoms with Crippen LogP contribution in [-0.2, 0) is 21.3 Å². The van der Waals surface area contributed by atoms with E-state index in [4.69, 9.17) is 23.2 Å². The summed E-state index contributed by atoms with van der Waals surface area (Å²) in [5.41, 5.74) is 0.784. The Hall–Kier alpha value is -0.580. The Morgan fingerprint density at radius 3 is 2.63 bits per heavy atom. The van der Waals surface area contributed by atoms with Crippen molar-refractivity contribution in [2.75, 3.05) is 19.8 Å². The van der Waals surface area contributed by atoms with Crippen molar-refractivity contribution in [3.63, 3.8) is 0 Å². The first-order chi connectivity index (χ1) is 8.90. The normalized spacial score (nSPS) is 12.2. The SMILES string of the molecule is CN(C)C(=O)CCCS(=O)Cc1cc(Cl)ccc1Cl. The van der Waals surface area contributed by atoms with Crippen LogP contribution in [-0.4, -0.2) is 34.9 Å². The number of benzene rings is 1. The van der Waals surface area contributed by atoms with Crippen LogP contribution in [0.1, 0.15) is 18.4 Å². The number of halogens is 2. The van der Waals surface area contributed by atoms with Crippen molar-refractivity contribution in [1.29, 1.82) is 0 Å². The lowest BCUT2D eigenvalue weighted by Gasteiger charge is -2.09. The summed E-state index contributed by atoms with van der Waals surface area (Å²) in [5.74, 6) is 0.913. The van der Waals surface area contributed by atoms with Gasteiger partial charge < -0.3 is 4.90 Å². The van der Waals surface area contributed by atoms with Crippen LogP contribution in [0.4, 0.5) is 0 Å². The first-order valence-electron chi connectivity index (χ1n) is 5.89. The van der Waals surface area contributed by atoms with Crippen molar-refractivity contribution in [2.45, 2.75) is 18.6 Å². The number of carbonyl (C=O) groups is 1. The molecule has 0 fully saturated rings. The Bertz CT molecular complexity index is 478. The molecular formula is C13H17Cl2NO2S. The van der Waals surface area contributed by atoms with E-state index >= 15 is 0 Å². The largest absolute Gasteiger partial charge is 0.349 e. The van der Waals surface area contributed by atoms with E-state index in [0.29, 0.717) is 34.4 Å². The van der Waals surface area contributed by atoms with Gasteiger partial charge in [-0.15, -0.1) is 0 Å². The van der Waals surface area contributed by atoms with Gasteiger partial charge in [0.15, 0.2) is 0 Å². The van der Waals surface area contributed by atoms with Gasteiger partial charge in [0, 0.05) is 47.1 Å². The number of amides is 1. The number of nitrogens with zero attached hydrogens (tertiary/aromatic N) is 1. The minimum atomic E-state index is -1.03. The van der Waals surface area contributed by atoms with Crippen LogP contribution >= 0.6 is 23.2 Å². The monoisotopic (exact) mass is 321 g/mol. The first kappa shape index (κ1) is 16.5. The maximum atomic E-state index is 11.9. The van der Waals surface area contributed by atoms with Crippen LogP contribution in [0.3, 0.4) is 0 Å². The molecule has 0 aliphatic rings. The third-order valence-corrected chi connectivity index (χ3v) is 4.57. The van der Waals surface area contributed by atoms with E-state index in [9.17, 15) is 9.00 Å². The molecule has 1 amide bonds. The van der Waals surface area contributed by atoms with E-state index in [1.807, 2.05) is 0 Å². The van der Waals surface area contributed by atoms with Gasteiger partial charge in [-0.25, -0.2) is 0 Å². The van der Waals surface area contributed by atoms with Gasteiger partial charge >= 0.3 is 0 Å². The van der Waals surface area contributed by atoms with Gasteiger partial charge in [-0.3, -0.25) is 9.00 Å². The number of rotatable bonds is 6. The zero-order valence-corrected chi connectivity index (χ0v) is 13.3. The molecule has 1 aromatic rings. The van der Waals surface area contributed by atoms with Crippen LogP contribution in [0.15, 0.2) is 18.2 Å². The highest BCUT2D eigenvalue weighted by atomic mass is 35.5. The second kappa shape index (κ2) is 7.88. The Morgan fingerprint density at radius 2 is 2.00 bits per heavy atom. The summed E-state index contributed by atoms with van der Waals surface area (Å²) in [6, 6.07) is 5.13. The third-order valence-electron chi connectivity index (χ3n) is 2.59. The van der Waals surface area contributed by atoms with E-state index in [0.717, 1.165) is 5.56 Å². The molecule has 0 saturated carbocycles. The Morgan fingerprint density at radius 1 is 1.32 bits per heavy atom. The van der Waals surface area contributed by atoms with Crippen molar-refractivity contribution in [3.05, 3.63) is 33.8 Å². The highest BCUT2D eigenvalue weighted by Crippen LogP contribution is 2.22. The molecular weight excluding hydrogens is 305 g/mol. The smallest absolute Gasteiger partial charge is 0.222 e. The van der Waals surface area contributed by atoms with E-state index < -0.39 is 10.8 Å². The second-order valence-electron chi connectivity index (χ2n) is 4.42. The molecule has 0 aromatic heterocycles. The topological polar surface area (TPSA) is 37.4 Å². The van der Waals surface area contributed by atoms with Gasteiger partial charge in [-0.2, -0.15) is 0 Å². The van der Waals surface area contributed by atoms with Crippen molar-refractivity contribution in [2.24, 2.45) is 0 Å². The highest BCUT2D eigenvalue weighted by molar-refractivity contribution is 7.84. The maximum Gasteiger partial charge on any atom is 0.222 e. The Balaban J connectivity index is 2.43. The molecule has 6 heteroatoms. The van der Waals surface area contributed by atoms with E-state index in [1.165, 1.54) is 4.90 Å². The molecule has 0 spiro atoms. The van der Waals surface area contributed by atoms with Crippen LogP contribution < -0.4 is 0 Å². The molecule has 1 atom stereocenters. The minimum absolute atomic E-state index is 0.0535. The minimum Gasteiger partial charge on any atom is -0.349 e. The maximum absolute atomic E-state index is 11.9. The summed E-state index contributed by atoms with van der Waals surface area (Å²) in [4.78, 5) is 12.9. The predicted molar refractivity (Wildman–Crippen MR) is 81.1 cm³/mol. The molecule has 19 heavy (non-hydrogen) atoms. The molecule has 1 aromatic carbocycles. The molecule has 3 nitrogen and oxygen atoms in total. The van der Waals surface area contributed by atoms with E-state index in [2.05, 4.69) is 0 Å². The lowest BCUT2D eigenvalue weighted by Crippen LogP contribution is -2.21. The molecule has 0 saturated heterocycles. The van der Waals surface area contributed by atoms with Gasteiger partial charge in [-0.05, 0) is 30.2 Å². The number of hydrogen-bond acceptors (Lipinski definition) is 2. The van der Waals surface area contributed by atoms with Crippen LogP contribution in [0, 0.1) is 0 Å².